The highest BCUT2D eigenvalue weighted by atomic mass is 19.4. The van der Waals surface area contributed by atoms with Crippen LogP contribution in [0.2, 0.25) is 0 Å². The van der Waals surface area contributed by atoms with Crippen molar-refractivity contribution in [1.82, 2.24) is 4.90 Å². The molecule has 4 rings (SSSR count). The molecule has 180 valence electrons. The number of hydrogen-bond donors (Lipinski definition) is 2. The fraction of sp³-hybridized carbons (Fsp3) is 0.545. The van der Waals surface area contributed by atoms with Crippen molar-refractivity contribution in [2.45, 2.75) is 63.0 Å². The summed E-state index contributed by atoms with van der Waals surface area (Å²) >= 11 is 0. The lowest BCUT2D eigenvalue weighted by Crippen LogP contribution is -2.44. The lowest BCUT2D eigenvalue weighted by Gasteiger charge is -2.36. The van der Waals surface area contributed by atoms with Gasteiger partial charge in [-0.1, -0.05) is 0 Å². The van der Waals surface area contributed by atoms with E-state index in [4.69, 9.17) is 0 Å². The molecule has 2 aromatic carbocycles. The van der Waals surface area contributed by atoms with Crippen LogP contribution < -0.4 is 21.5 Å². The van der Waals surface area contributed by atoms with E-state index < -0.39 is 40.0 Å². The average molecular weight is 475 g/mol. The van der Waals surface area contributed by atoms with Gasteiger partial charge in [0.15, 0.2) is 0 Å². The predicted molar refractivity (Wildman–Crippen MR) is 112 cm³/mol. The number of nitrogens with zero attached hydrogens (tertiary/aromatic N) is 1. The van der Waals surface area contributed by atoms with Crippen molar-refractivity contribution < 1.29 is 26.3 Å². The molecule has 0 bridgehead atoms. The molecule has 1 aliphatic carbocycles. The molecular formula is C22H23F6N3O2. The summed E-state index contributed by atoms with van der Waals surface area (Å²) < 4.78 is 78.7. The van der Waals surface area contributed by atoms with E-state index >= 15 is 0 Å². The molecule has 0 aromatic heterocycles. The largest absolute Gasteiger partial charge is 0.416 e. The van der Waals surface area contributed by atoms with Crippen LogP contribution in [0.4, 0.5) is 43.4 Å². The zero-order valence-electron chi connectivity index (χ0n) is 17.6. The van der Waals surface area contributed by atoms with Gasteiger partial charge in [-0.3, -0.25) is 9.59 Å². The van der Waals surface area contributed by atoms with Crippen molar-refractivity contribution in [2.24, 2.45) is 0 Å². The third kappa shape index (κ3) is 5.02. The molecule has 2 N–H and O–H groups in total. The molecule has 0 spiro atoms. The number of nitrogens with one attached hydrogen (secondary N) is 2. The van der Waals surface area contributed by atoms with Crippen molar-refractivity contribution in [1.29, 1.82) is 0 Å². The number of hydrogen-bond acceptors (Lipinski definition) is 5. The Balaban J connectivity index is 1.55. The normalized spacial score (nSPS) is 22.6. The summed E-state index contributed by atoms with van der Waals surface area (Å²) in [5.74, 6) is 0. The van der Waals surface area contributed by atoms with Crippen LogP contribution in [0.1, 0.15) is 49.7 Å². The van der Waals surface area contributed by atoms with Gasteiger partial charge in [0.2, 0.25) is 0 Å². The van der Waals surface area contributed by atoms with E-state index in [-0.39, 0.29) is 23.5 Å². The number of anilines is 3. The molecule has 1 aliphatic heterocycles. The molecule has 2 fully saturated rings. The monoisotopic (exact) mass is 475 g/mol. The number of halogens is 6. The van der Waals surface area contributed by atoms with Gasteiger partial charge in [-0.25, -0.2) is 0 Å². The zero-order chi connectivity index (χ0) is 24.0. The highest BCUT2D eigenvalue weighted by Gasteiger charge is 2.37. The van der Waals surface area contributed by atoms with Crippen LogP contribution >= 0.6 is 0 Å². The molecule has 2 aromatic rings. The lowest BCUT2D eigenvalue weighted by molar-refractivity contribution is -0.143. The molecule has 2 aliphatic rings. The minimum absolute atomic E-state index is 0.00694. The van der Waals surface area contributed by atoms with Crippen molar-refractivity contribution >= 4 is 17.1 Å². The Morgan fingerprint density at radius 2 is 1.36 bits per heavy atom. The van der Waals surface area contributed by atoms with E-state index in [2.05, 4.69) is 15.5 Å². The molecule has 2 atom stereocenters. The fourth-order valence-electron chi connectivity index (χ4n) is 4.76. The first kappa shape index (κ1) is 23.6. The third-order valence-electron chi connectivity index (χ3n) is 6.42. The van der Waals surface area contributed by atoms with E-state index in [0.717, 1.165) is 51.6 Å². The molecule has 5 nitrogen and oxygen atoms in total. The number of alkyl halides is 6. The summed E-state index contributed by atoms with van der Waals surface area (Å²) in [5.41, 5.74) is -5.78. The quantitative estimate of drug-likeness (QED) is 0.477. The predicted octanol–water partition coefficient (Wildman–Crippen LogP) is 4.88. The van der Waals surface area contributed by atoms with Crippen LogP contribution in [0.15, 0.2) is 27.8 Å². The van der Waals surface area contributed by atoms with Crippen LogP contribution in [0.25, 0.3) is 0 Å². The maximum atomic E-state index is 13.1. The molecule has 33 heavy (non-hydrogen) atoms. The molecule has 0 radical (unpaired) electrons. The minimum Gasteiger partial charge on any atom is -0.377 e. The molecule has 0 amide bonds. The number of likely N-dealkylation sites (tertiary alicyclic amines) is 1. The van der Waals surface area contributed by atoms with Crippen LogP contribution in [-0.4, -0.2) is 30.1 Å². The Kier molecular flexibility index (Phi) is 6.19. The van der Waals surface area contributed by atoms with Crippen molar-refractivity contribution in [3.8, 4) is 0 Å². The van der Waals surface area contributed by atoms with Crippen LogP contribution in [0, 0.1) is 0 Å². The zero-order valence-corrected chi connectivity index (χ0v) is 17.6. The molecule has 1 heterocycles. The Morgan fingerprint density at radius 1 is 0.788 bits per heavy atom. The Hall–Kier alpha value is -2.56. The highest BCUT2D eigenvalue weighted by molar-refractivity contribution is 5.79. The summed E-state index contributed by atoms with van der Waals surface area (Å²) in [6, 6.07) is 1.22. The first-order valence-corrected chi connectivity index (χ1v) is 10.8. The fourth-order valence-corrected chi connectivity index (χ4v) is 4.76. The highest BCUT2D eigenvalue weighted by Crippen LogP contribution is 2.38. The van der Waals surface area contributed by atoms with Crippen molar-refractivity contribution in [3.63, 3.8) is 0 Å². The second-order valence-corrected chi connectivity index (χ2v) is 8.73. The van der Waals surface area contributed by atoms with E-state index in [1.165, 1.54) is 0 Å². The first-order valence-electron chi connectivity index (χ1n) is 10.8. The van der Waals surface area contributed by atoms with Gasteiger partial charge in [0, 0.05) is 17.8 Å². The summed E-state index contributed by atoms with van der Waals surface area (Å²) in [4.78, 5) is 26.6. The third-order valence-corrected chi connectivity index (χ3v) is 6.42. The van der Waals surface area contributed by atoms with Gasteiger partial charge < -0.3 is 15.5 Å². The van der Waals surface area contributed by atoms with Crippen LogP contribution in [-0.2, 0) is 12.4 Å². The van der Waals surface area contributed by atoms with Gasteiger partial charge in [0.05, 0.1) is 11.1 Å². The van der Waals surface area contributed by atoms with Gasteiger partial charge in [-0.2, -0.15) is 26.3 Å². The molecule has 1 saturated heterocycles. The van der Waals surface area contributed by atoms with Gasteiger partial charge >= 0.3 is 12.4 Å². The molecule has 11 heteroatoms. The number of rotatable bonds is 5. The Labute approximate surface area is 185 Å². The van der Waals surface area contributed by atoms with E-state index in [0.29, 0.717) is 18.2 Å². The summed E-state index contributed by atoms with van der Waals surface area (Å²) in [6.07, 6.45) is -4.31. The molecular weight excluding hydrogens is 452 g/mol. The van der Waals surface area contributed by atoms with Gasteiger partial charge in [0.1, 0.15) is 11.4 Å². The Morgan fingerprint density at radius 3 is 1.94 bits per heavy atom. The standard InChI is InChI=1S/C22H23F6N3O2/c23-21(24,25)12-8-13(22(26,27)28)10-15(9-12)30-18-17(19(32)20(18)33)29-14-4-3-5-16(11-14)31-6-1-2-7-31/h8-10,14,16,29-30H,1-7,11H2. The maximum absolute atomic E-state index is 13.1. The first-order chi connectivity index (χ1) is 15.4. The SMILES string of the molecule is O=c1c(Nc2cc(C(F)(F)F)cc(C(F)(F)F)c2)c(NC2CCCC(N3CCCC3)C2)c1=O. The van der Waals surface area contributed by atoms with E-state index in [1.54, 1.807) is 0 Å². The van der Waals surface area contributed by atoms with Crippen LogP contribution in [0.5, 0.6) is 0 Å². The topological polar surface area (TPSA) is 61.4 Å². The van der Waals surface area contributed by atoms with E-state index in [1.807, 2.05) is 0 Å². The minimum atomic E-state index is -5.01. The summed E-state index contributed by atoms with van der Waals surface area (Å²) in [7, 11) is 0. The second-order valence-electron chi connectivity index (χ2n) is 8.73. The van der Waals surface area contributed by atoms with Crippen molar-refractivity contribution in [2.75, 3.05) is 23.7 Å². The smallest absolute Gasteiger partial charge is 0.377 e. The number of benzene rings is 1. The molecule has 2 unspecified atom stereocenters. The van der Waals surface area contributed by atoms with Crippen molar-refractivity contribution in [3.05, 3.63) is 49.8 Å². The van der Waals surface area contributed by atoms with Gasteiger partial charge in [-0.05, 0) is 69.8 Å². The summed E-state index contributed by atoms with van der Waals surface area (Å²) in [6.45, 7) is 2.03. The lowest BCUT2D eigenvalue weighted by atomic mass is 9.89. The van der Waals surface area contributed by atoms with E-state index in [9.17, 15) is 35.9 Å². The van der Waals surface area contributed by atoms with Crippen LogP contribution in [0.3, 0.4) is 0 Å². The molecule has 1 saturated carbocycles. The summed E-state index contributed by atoms with van der Waals surface area (Å²) in [5, 5.41) is 5.35. The van der Waals surface area contributed by atoms with Gasteiger partial charge in [-0.15, -0.1) is 0 Å². The maximum Gasteiger partial charge on any atom is 0.416 e. The average Bonchev–Trinajstić information content (AvgIpc) is 3.30. The Bertz CT molecular complexity index is 1050. The van der Waals surface area contributed by atoms with Gasteiger partial charge in [0.25, 0.3) is 10.9 Å². The second kappa shape index (κ2) is 8.66.